The Labute approximate surface area is 155 Å². The second-order valence-corrected chi connectivity index (χ2v) is 7.80. The third-order valence-corrected chi connectivity index (χ3v) is 5.85. The van der Waals surface area contributed by atoms with Gasteiger partial charge >= 0.3 is 0 Å². The summed E-state index contributed by atoms with van der Waals surface area (Å²) in [6, 6.07) is 8.24. The molecule has 3 aromatic rings. The number of aromatic nitrogens is 2. The molecule has 0 radical (unpaired) electrons. The zero-order valence-electron chi connectivity index (χ0n) is 14.7. The number of hydrogen-bond donors (Lipinski definition) is 1. The van der Waals surface area contributed by atoms with Crippen molar-refractivity contribution in [1.29, 1.82) is 0 Å². The lowest BCUT2D eigenvalue weighted by Gasteiger charge is -2.19. The Morgan fingerprint density at radius 3 is 2.88 bits per heavy atom. The first-order valence-corrected chi connectivity index (χ1v) is 9.79. The Morgan fingerprint density at radius 2 is 2.04 bits per heavy atom. The highest BCUT2D eigenvalue weighted by atomic mass is 32.1. The minimum atomic E-state index is -0.143. The van der Waals surface area contributed by atoms with Crippen LogP contribution in [0.5, 0.6) is 0 Å². The van der Waals surface area contributed by atoms with Crippen LogP contribution in [0.2, 0.25) is 0 Å². The number of hydrogen-bond acceptors (Lipinski definition) is 4. The lowest BCUT2D eigenvalue weighted by molar-refractivity contribution is -0.129. The van der Waals surface area contributed by atoms with E-state index in [4.69, 9.17) is 0 Å². The molecule has 0 aliphatic heterocycles. The van der Waals surface area contributed by atoms with Gasteiger partial charge in [0.2, 0.25) is 5.91 Å². The first kappa shape index (κ1) is 17.0. The molecule has 5 nitrogen and oxygen atoms in total. The molecule has 1 amide bonds. The van der Waals surface area contributed by atoms with Crippen LogP contribution in [0.3, 0.4) is 0 Å². The number of amides is 1. The molecule has 0 saturated carbocycles. The van der Waals surface area contributed by atoms with E-state index in [1.165, 1.54) is 35.3 Å². The molecule has 1 aliphatic carbocycles. The number of likely N-dealkylation sites (N-methyl/N-ethyl adjacent to an activating group) is 1. The van der Waals surface area contributed by atoms with Crippen molar-refractivity contribution >= 4 is 27.5 Å². The fourth-order valence-corrected chi connectivity index (χ4v) is 4.24. The van der Waals surface area contributed by atoms with Crippen molar-refractivity contribution in [2.24, 2.45) is 0 Å². The molecular weight excluding hydrogens is 346 g/mol. The van der Waals surface area contributed by atoms with Gasteiger partial charge in [-0.3, -0.25) is 9.59 Å². The molecule has 0 unspecified atom stereocenters. The largest absolute Gasteiger partial charge is 0.338 e. The fraction of sp³-hybridized carbons (Fsp3) is 0.350. The Bertz CT molecular complexity index is 1020. The number of H-pyrrole nitrogens is 1. The van der Waals surface area contributed by atoms with Gasteiger partial charge in [0, 0.05) is 7.05 Å². The van der Waals surface area contributed by atoms with Crippen LogP contribution < -0.4 is 5.56 Å². The quantitative estimate of drug-likeness (QED) is 0.771. The van der Waals surface area contributed by atoms with Gasteiger partial charge in [-0.2, -0.15) is 0 Å². The Morgan fingerprint density at radius 1 is 1.23 bits per heavy atom. The van der Waals surface area contributed by atoms with Crippen LogP contribution in [-0.4, -0.2) is 27.8 Å². The molecule has 6 heteroatoms. The molecule has 0 fully saturated rings. The molecule has 0 bridgehead atoms. The number of thiophene rings is 1. The number of nitrogens with zero attached hydrogens (tertiary/aromatic N) is 2. The fourth-order valence-electron chi connectivity index (χ4n) is 3.52. The summed E-state index contributed by atoms with van der Waals surface area (Å²) in [5.41, 5.74) is 4.40. The van der Waals surface area contributed by atoms with Crippen LogP contribution in [0.25, 0.3) is 10.2 Å². The number of aromatic amines is 1. The normalized spacial score (nSPS) is 13.6. The van der Waals surface area contributed by atoms with E-state index in [0.29, 0.717) is 29.0 Å². The number of fused-ring (bicyclic) bond motifs is 2. The average Bonchev–Trinajstić information content (AvgIpc) is 3.10. The molecule has 0 spiro atoms. The van der Waals surface area contributed by atoms with Gasteiger partial charge in [0.15, 0.2) is 0 Å². The molecule has 134 valence electrons. The monoisotopic (exact) mass is 367 g/mol. The lowest BCUT2D eigenvalue weighted by Crippen LogP contribution is -2.29. The summed E-state index contributed by atoms with van der Waals surface area (Å²) in [6.45, 7) is 0.296. The topological polar surface area (TPSA) is 66.1 Å². The summed E-state index contributed by atoms with van der Waals surface area (Å²) in [5, 5.41) is 1.85. The molecule has 1 aromatic carbocycles. The van der Waals surface area contributed by atoms with E-state index in [-0.39, 0.29) is 11.5 Å². The first-order valence-electron chi connectivity index (χ1n) is 8.91. The van der Waals surface area contributed by atoms with Gasteiger partial charge in [0.25, 0.3) is 5.56 Å². The second kappa shape index (κ2) is 7.03. The zero-order valence-corrected chi connectivity index (χ0v) is 15.6. The summed E-state index contributed by atoms with van der Waals surface area (Å²) in [7, 11) is 1.75. The first-order chi connectivity index (χ1) is 12.6. The molecule has 26 heavy (non-hydrogen) atoms. The van der Waals surface area contributed by atoms with Crippen LogP contribution >= 0.6 is 11.3 Å². The number of carbonyl (C=O) groups is 1. The molecule has 2 heterocycles. The SMILES string of the molecule is CN(Cc1nc2ccsc2c(=O)[nH]1)C(=O)Cc1ccc2c(c1)CCCC2. The van der Waals surface area contributed by atoms with E-state index in [1.807, 2.05) is 11.4 Å². The van der Waals surface area contributed by atoms with Crippen LogP contribution in [0.4, 0.5) is 0 Å². The van der Waals surface area contributed by atoms with Crippen molar-refractivity contribution in [3.8, 4) is 0 Å². The maximum absolute atomic E-state index is 12.6. The highest BCUT2D eigenvalue weighted by Gasteiger charge is 2.15. The number of rotatable bonds is 4. The van der Waals surface area contributed by atoms with Crippen molar-refractivity contribution in [1.82, 2.24) is 14.9 Å². The van der Waals surface area contributed by atoms with Gasteiger partial charge in [-0.1, -0.05) is 18.2 Å². The van der Waals surface area contributed by atoms with Crippen LogP contribution in [0.15, 0.2) is 34.4 Å². The summed E-state index contributed by atoms with van der Waals surface area (Å²) in [6.07, 6.45) is 5.11. The third-order valence-electron chi connectivity index (χ3n) is 4.94. The van der Waals surface area contributed by atoms with E-state index in [9.17, 15) is 9.59 Å². The van der Waals surface area contributed by atoms with Crippen molar-refractivity contribution < 1.29 is 4.79 Å². The molecule has 1 N–H and O–H groups in total. The van der Waals surface area contributed by atoms with Crippen molar-refractivity contribution in [2.45, 2.75) is 38.6 Å². The maximum atomic E-state index is 12.6. The Kier molecular flexibility index (Phi) is 4.59. The summed E-state index contributed by atoms with van der Waals surface area (Å²) >= 11 is 1.37. The van der Waals surface area contributed by atoms with Crippen LogP contribution in [-0.2, 0) is 30.6 Å². The number of nitrogens with one attached hydrogen (secondary N) is 1. The van der Waals surface area contributed by atoms with Gasteiger partial charge in [-0.15, -0.1) is 11.3 Å². The van der Waals surface area contributed by atoms with E-state index in [2.05, 4.69) is 28.2 Å². The van der Waals surface area contributed by atoms with Gasteiger partial charge < -0.3 is 9.88 Å². The van der Waals surface area contributed by atoms with Gasteiger partial charge in [0.1, 0.15) is 10.5 Å². The number of aryl methyl sites for hydroxylation is 2. The predicted octanol–water partition coefficient (Wildman–Crippen LogP) is 3.06. The summed E-state index contributed by atoms with van der Waals surface area (Å²) < 4.78 is 0.622. The van der Waals surface area contributed by atoms with Crippen molar-refractivity contribution in [3.05, 3.63) is 62.5 Å². The highest BCUT2D eigenvalue weighted by molar-refractivity contribution is 7.17. The number of carbonyl (C=O) groups excluding carboxylic acids is 1. The highest BCUT2D eigenvalue weighted by Crippen LogP contribution is 2.22. The maximum Gasteiger partial charge on any atom is 0.268 e. The smallest absolute Gasteiger partial charge is 0.268 e. The summed E-state index contributed by atoms with van der Waals surface area (Å²) in [5.74, 6) is 0.538. The van der Waals surface area contributed by atoms with E-state index in [0.717, 1.165) is 18.4 Å². The molecule has 0 atom stereocenters. The molecular formula is C20H21N3O2S. The predicted molar refractivity (Wildman–Crippen MR) is 104 cm³/mol. The van der Waals surface area contributed by atoms with Gasteiger partial charge in [-0.25, -0.2) is 4.98 Å². The Balaban J connectivity index is 1.46. The summed E-state index contributed by atoms with van der Waals surface area (Å²) in [4.78, 5) is 33.5. The number of benzene rings is 1. The molecule has 4 rings (SSSR count). The zero-order chi connectivity index (χ0) is 18.1. The van der Waals surface area contributed by atoms with E-state index in [1.54, 1.807) is 11.9 Å². The second-order valence-electron chi connectivity index (χ2n) is 6.88. The van der Waals surface area contributed by atoms with Crippen molar-refractivity contribution in [3.63, 3.8) is 0 Å². The average molecular weight is 367 g/mol. The van der Waals surface area contributed by atoms with Crippen LogP contribution in [0.1, 0.15) is 35.4 Å². The van der Waals surface area contributed by atoms with Gasteiger partial charge in [0.05, 0.1) is 18.5 Å². The van der Waals surface area contributed by atoms with E-state index < -0.39 is 0 Å². The molecule has 1 aliphatic rings. The third kappa shape index (κ3) is 3.42. The standard InChI is InChI=1S/C20H21N3O2S/c1-23(12-17-21-16-8-9-26-19(16)20(25)22-17)18(24)11-13-6-7-14-4-2-3-5-15(14)10-13/h6-10H,2-5,11-12H2,1H3,(H,21,22,25). The molecule has 0 saturated heterocycles. The lowest BCUT2D eigenvalue weighted by atomic mass is 9.90. The van der Waals surface area contributed by atoms with Crippen molar-refractivity contribution in [2.75, 3.05) is 7.05 Å². The van der Waals surface area contributed by atoms with E-state index >= 15 is 0 Å². The van der Waals surface area contributed by atoms with Crippen LogP contribution in [0, 0.1) is 0 Å². The van der Waals surface area contributed by atoms with Gasteiger partial charge in [-0.05, 0) is 53.8 Å². The Hall–Kier alpha value is -2.47. The molecule has 2 aromatic heterocycles. The minimum absolute atomic E-state index is 0.0221. The minimum Gasteiger partial charge on any atom is -0.338 e.